The third-order valence-corrected chi connectivity index (χ3v) is 2.53. The molecule has 0 radical (unpaired) electrons. The number of nitrogen functional groups attached to an aromatic ring is 1. The lowest BCUT2D eigenvalue weighted by atomic mass is 10.1. The predicted octanol–water partition coefficient (Wildman–Crippen LogP) is 2.89. The zero-order valence-electron chi connectivity index (χ0n) is 9.87. The van der Waals surface area contributed by atoms with E-state index in [9.17, 15) is 0 Å². The molecule has 1 rings (SSSR count). The molecule has 1 aromatic carbocycles. The lowest BCUT2D eigenvalue weighted by Crippen LogP contribution is -2.25. The second-order valence-electron chi connectivity index (χ2n) is 3.97. The average Bonchev–Trinajstić information content (AvgIpc) is 2.22. The van der Waals surface area contributed by atoms with Crippen LogP contribution in [0.3, 0.4) is 0 Å². The lowest BCUT2D eigenvalue weighted by molar-refractivity contribution is 0.267. The Morgan fingerprint density at radius 1 is 1.07 bits per heavy atom. The van der Waals surface area contributed by atoms with Crippen molar-refractivity contribution in [2.45, 2.75) is 33.2 Å². The molecule has 0 aromatic heterocycles. The Balaban J connectivity index is 2.60. The molecule has 0 aliphatic carbocycles. The minimum atomic E-state index is 0.912. The molecule has 2 heteroatoms. The zero-order valence-corrected chi connectivity index (χ0v) is 9.87. The summed E-state index contributed by atoms with van der Waals surface area (Å²) in [6.07, 6.45) is 2.40. The molecule has 0 bridgehead atoms. The SMILES string of the molecule is CCCN(CCC)Cc1ccccc1N. The fourth-order valence-electron chi connectivity index (χ4n) is 1.82. The molecule has 2 N–H and O–H groups in total. The van der Waals surface area contributed by atoms with Crippen LogP contribution in [-0.2, 0) is 6.54 Å². The third kappa shape index (κ3) is 3.92. The highest BCUT2D eigenvalue weighted by Gasteiger charge is 2.05. The number of anilines is 1. The molecule has 84 valence electrons. The maximum absolute atomic E-state index is 5.93. The Hall–Kier alpha value is -1.02. The van der Waals surface area contributed by atoms with Gasteiger partial charge in [-0.1, -0.05) is 32.0 Å². The van der Waals surface area contributed by atoms with E-state index in [0.717, 1.165) is 25.3 Å². The summed E-state index contributed by atoms with van der Waals surface area (Å²) in [5.41, 5.74) is 8.10. The summed E-state index contributed by atoms with van der Waals surface area (Å²) >= 11 is 0. The van der Waals surface area contributed by atoms with Gasteiger partial charge in [-0.05, 0) is 37.6 Å². The van der Waals surface area contributed by atoms with Gasteiger partial charge in [-0.25, -0.2) is 0 Å². The van der Waals surface area contributed by atoms with Crippen molar-refractivity contribution in [2.75, 3.05) is 18.8 Å². The van der Waals surface area contributed by atoms with Crippen molar-refractivity contribution in [1.29, 1.82) is 0 Å². The molecule has 0 heterocycles. The summed E-state index contributed by atoms with van der Waals surface area (Å²) in [4.78, 5) is 2.46. The van der Waals surface area contributed by atoms with Gasteiger partial charge in [-0.2, -0.15) is 0 Å². The Morgan fingerprint density at radius 2 is 1.67 bits per heavy atom. The largest absolute Gasteiger partial charge is 0.398 e. The third-order valence-electron chi connectivity index (χ3n) is 2.53. The first-order valence-corrected chi connectivity index (χ1v) is 5.83. The summed E-state index contributed by atoms with van der Waals surface area (Å²) in [7, 11) is 0. The standard InChI is InChI=1S/C13H22N2/c1-3-9-15(10-4-2)11-12-7-5-6-8-13(12)14/h5-8H,3-4,9-11,14H2,1-2H3. The normalized spacial score (nSPS) is 10.9. The van der Waals surface area contributed by atoms with Crippen LogP contribution in [0.1, 0.15) is 32.3 Å². The summed E-state index contributed by atoms with van der Waals surface area (Å²) in [5, 5.41) is 0. The van der Waals surface area contributed by atoms with E-state index in [4.69, 9.17) is 5.73 Å². The summed E-state index contributed by atoms with van der Waals surface area (Å²) in [6, 6.07) is 8.14. The van der Waals surface area contributed by atoms with Crippen LogP contribution in [0, 0.1) is 0 Å². The molecular formula is C13H22N2. The molecule has 0 unspecified atom stereocenters. The van der Waals surface area contributed by atoms with Gasteiger partial charge in [-0.3, -0.25) is 4.90 Å². The smallest absolute Gasteiger partial charge is 0.0359 e. The summed E-state index contributed by atoms with van der Waals surface area (Å²) < 4.78 is 0. The van der Waals surface area contributed by atoms with Crippen LogP contribution in [0.2, 0.25) is 0 Å². The number of benzene rings is 1. The fourth-order valence-corrected chi connectivity index (χ4v) is 1.82. The van der Waals surface area contributed by atoms with E-state index in [2.05, 4.69) is 30.9 Å². The van der Waals surface area contributed by atoms with Crippen LogP contribution in [0.5, 0.6) is 0 Å². The van der Waals surface area contributed by atoms with Gasteiger partial charge in [0.25, 0.3) is 0 Å². The van der Waals surface area contributed by atoms with Gasteiger partial charge in [0.1, 0.15) is 0 Å². The first kappa shape index (κ1) is 12.1. The van der Waals surface area contributed by atoms with Crippen molar-refractivity contribution in [2.24, 2.45) is 0 Å². The topological polar surface area (TPSA) is 29.3 Å². The quantitative estimate of drug-likeness (QED) is 0.725. The minimum absolute atomic E-state index is 0.912. The van der Waals surface area contributed by atoms with E-state index in [1.54, 1.807) is 0 Å². The van der Waals surface area contributed by atoms with Crippen molar-refractivity contribution in [1.82, 2.24) is 4.90 Å². The molecular weight excluding hydrogens is 184 g/mol. The lowest BCUT2D eigenvalue weighted by Gasteiger charge is -2.21. The second-order valence-corrected chi connectivity index (χ2v) is 3.97. The number of rotatable bonds is 6. The van der Waals surface area contributed by atoms with Crippen LogP contribution < -0.4 is 5.73 Å². The van der Waals surface area contributed by atoms with E-state index in [-0.39, 0.29) is 0 Å². The van der Waals surface area contributed by atoms with Crippen molar-refractivity contribution in [3.05, 3.63) is 29.8 Å². The van der Waals surface area contributed by atoms with Gasteiger partial charge in [0, 0.05) is 12.2 Å². The first-order valence-electron chi connectivity index (χ1n) is 5.83. The van der Waals surface area contributed by atoms with Gasteiger partial charge in [0.2, 0.25) is 0 Å². The molecule has 0 aliphatic heterocycles. The molecule has 15 heavy (non-hydrogen) atoms. The first-order chi connectivity index (χ1) is 7.27. The highest BCUT2D eigenvalue weighted by molar-refractivity contribution is 5.46. The van der Waals surface area contributed by atoms with Crippen molar-refractivity contribution < 1.29 is 0 Å². The van der Waals surface area contributed by atoms with Crippen molar-refractivity contribution >= 4 is 5.69 Å². The van der Waals surface area contributed by atoms with E-state index < -0.39 is 0 Å². The Bertz CT molecular complexity index is 278. The molecule has 0 saturated carbocycles. The van der Waals surface area contributed by atoms with E-state index >= 15 is 0 Å². The summed E-state index contributed by atoms with van der Waals surface area (Å²) in [6.45, 7) is 7.73. The molecule has 0 spiro atoms. The van der Waals surface area contributed by atoms with Gasteiger partial charge < -0.3 is 5.73 Å². The minimum Gasteiger partial charge on any atom is -0.398 e. The maximum Gasteiger partial charge on any atom is 0.0359 e. The molecule has 0 amide bonds. The van der Waals surface area contributed by atoms with Crippen LogP contribution in [0.15, 0.2) is 24.3 Å². The number of hydrogen-bond acceptors (Lipinski definition) is 2. The Labute approximate surface area is 93.1 Å². The molecule has 1 aromatic rings. The highest BCUT2D eigenvalue weighted by Crippen LogP contribution is 2.13. The van der Waals surface area contributed by atoms with Crippen LogP contribution in [-0.4, -0.2) is 18.0 Å². The van der Waals surface area contributed by atoms with Gasteiger partial charge in [-0.15, -0.1) is 0 Å². The summed E-state index contributed by atoms with van der Waals surface area (Å²) in [5.74, 6) is 0. The van der Waals surface area contributed by atoms with Gasteiger partial charge in [0.15, 0.2) is 0 Å². The fraction of sp³-hybridized carbons (Fsp3) is 0.538. The van der Waals surface area contributed by atoms with E-state index in [0.29, 0.717) is 0 Å². The molecule has 2 nitrogen and oxygen atoms in total. The molecule has 0 fully saturated rings. The average molecular weight is 206 g/mol. The van der Waals surface area contributed by atoms with Crippen LogP contribution >= 0.6 is 0 Å². The molecule has 0 atom stereocenters. The van der Waals surface area contributed by atoms with Crippen LogP contribution in [0.25, 0.3) is 0 Å². The monoisotopic (exact) mass is 206 g/mol. The number of para-hydroxylation sites is 1. The van der Waals surface area contributed by atoms with Crippen LogP contribution in [0.4, 0.5) is 5.69 Å². The predicted molar refractivity (Wildman–Crippen MR) is 66.7 cm³/mol. The van der Waals surface area contributed by atoms with Gasteiger partial charge in [0.05, 0.1) is 0 Å². The van der Waals surface area contributed by atoms with Crippen molar-refractivity contribution in [3.8, 4) is 0 Å². The zero-order chi connectivity index (χ0) is 11.1. The number of hydrogen-bond donors (Lipinski definition) is 1. The number of nitrogens with two attached hydrogens (primary N) is 1. The second kappa shape index (κ2) is 6.46. The number of nitrogens with zero attached hydrogens (tertiary/aromatic N) is 1. The molecule has 0 saturated heterocycles. The van der Waals surface area contributed by atoms with Crippen molar-refractivity contribution in [3.63, 3.8) is 0 Å². The van der Waals surface area contributed by atoms with Gasteiger partial charge >= 0.3 is 0 Å². The molecule has 0 aliphatic rings. The maximum atomic E-state index is 5.93. The highest BCUT2D eigenvalue weighted by atomic mass is 15.1. The Kier molecular flexibility index (Phi) is 5.19. The van der Waals surface area contributed by atoms with E-state index in [1.165, 1.54) is 18.4 Å². The Morgan fingerprint density at radius 3 is 2.20 bits per heavy atom. The van der Waals surface area contributed by atoms with E-state index in [1.807, 2.05) is 12.1 Å².